The zero-order valence-electron chi connectivity index (χ0n) is 41.1. The first kappa shape index (κ1) is 45.5. The minimum Gasteiger partial charge on any atom is -0.0622 e. The van der Waals surface area contributed by atoms with Gasteiger partial charge in [-0.2, -0.15) is 0 Å². The maximum atomic E-state index is 2.38. The van der Waals surface area contributed by atoms with Crippen LogP contribution < -0.4 is 0 Å². The molecule has 0 unspecified atom stereocenters. The van der Waals surface area contributed by atoms with Crippen LogP contribution in [0.15, 0.2) is 231 Å². The summed E-state index contributed by atoms with van der Waals surface area (Å²) >= 11 is 0. The van der Waals surface area contributed by atoms with Crippen molar-refractivity contribution in [2.45, 2.75) is 41.5 Å². The fraction of sp³-hybridized carbons (Fsp3) is 0.0857. The fourth-order valence-corrected chi connectivity index (χ4v) is 10.7. The largest absolute Gasteiger partial charge is 0.0622 e. The predicted octanol–water partition coefficient (Wildman–Crippen LogP) is 19.0. The average Bonchev–Trinajstić information content (AvgIpc) is 3.40. The van der Waals surface area contributed by atoms with Crippen molar-refractivity contribution >= 4 is 23.3 Å². The standard InChI is InChI=1S/C70H58/c1-47-43-49(3)69(51(5)67(47)63-39-35-57(36-40-63)55-31-27-53(28-32-55)45-65(59-19-11-7-12-20-59)60-21-13-8-14-22-60)70-50(4)44-48(2)68(52(70)6)64-41-37-58(38-42-64)56-33-29-54(30-34-56)46-66(61-23-15-9-16-24-61)62-25-17-10-18-26-62/h7-46H,1-6H3. The molecule has 0 heteroatoms. The average molecular weight is 899 g/mol. The van der Waals surface area contributed by atoms with Crippen LogP contribution in [0.25, 0.3) is 78.9 Å². The van der Waals surface area contributed by atoms with Gasteiger partial charge in [-0.3, -0.25) is 0 Å². The lowest BCUT2D eigenvalue weighted by Crippen LogP contribution is -2.01. The lowest BCUT2D eigenvalue weighted by Gasteiger charge is -2.24. The molecule has 0 spiro atoms. The first-order valence-electron chi connectivity index (χ1n) is 24.5. The quantitative estimate of drug-likeness (QED) is 0.114. The minimum atomic E-state index is 1.18. The third-order valence-corrected chi connectivity index (χ3v) is 14.0. The van der Waals surface area contributed by atoms with Crippen molar-refractivity contribution in [1.82, 2.24) is 0 Å². The van der Waals surface area contributed by atoms with Gasteiger partial charge < -0.3 is 0 Å². The van der Waals surface area contributed by atoms with E-state index >= 15 is 0 Å². The molecule has 0 N–H and O–H groups in total. The van der Waals surface area contributed by atoms with Crippen LogP contribution in [0.3, 0.4) is 0 Å². The predicted molar refractivity (Wildman–Crippen MR) is 302 cm³/mol. The van der Waals surface area contributed by atoms with Crippen LogP contribution >= 0.6 is 0 Å². The molecular weight excluding hydrogens is 841 g/mol. The molecule has 0 aliphatic heterocycles. The van der Waals surface area contributed by atoms with Crippen molar-refractivity contribution in [3.8, 4) is 55.6 Å². The van der Waals surface area contributed by atoms with Gasteiger partial charge in [0.05, 0.1) is 0 Å². The van der Waals surface area contributed by atoms with Gasteiger partial charge in [0.1, 0.15) is 0 Å². The normalized spacial score (nSPS) is 11.0. The summed E-state index contributed by atoms with van der Waals surface area (Å²) in [4.78, 5) is 0. The fourth-order valence-electron chi connectivity index (χ4n) is 10.7. The van der Waals surface area contributed by atoms with Gasteiger partial charge in [0.15, 0.2) is 0 Å². The molecule has 10 aromatic rings. The molecule has 0 radical (unpaired) electrons. The van der Waals surface area contributed by atoms with Crippen LogP contribution in [0.4, 0.5) is 0 Å². The van der Waals surface area contributed by atoms with E-state index in [1.165, 1.54) is 134 Å². The number of hydrogen-bond donors (Lipinski definition) is 0. The highest BCUT2D eigenvalue weighted by Gasteiger charge is 2.21. The third kappa shape index (κ3) is 9.42. The molecule has 0 bridgehead atoms. The van der Waals surface area contributed by atoms with E-state index in [0.717, 1.165) is 0 Å². The van der Waals surface area contributed by atoms with E-state index in [-0.39, 0.29) is 0 Å². The summed E-state index contributed by atoms with van der Waals surface area (Å²) in [6.07, 6.45) is 4.59. The van der Waals surface area contributed by atoms with Crippen LogP contribution in [-0.2, 0) is 0 Å². The molecule has 0 saturated heterocycles. The van der Waals surface area contributed by atoms with E-state index < -0.39 is 0 Å². The molecule has 0 nitrogen and oxygen atoms in total. The lowest BCUT2D eigenvalue weighted by atomic mass is 9.80. The molecular formula is C70H58. The monoisotopic (exact) mass is 898 g/mol. The number of hydrogen-bond acceptors (Lipinski definition) is 0. The molecule has 0 amide bonds. The van der Waals surface area contributed by atoms with Crippen LogP contribution in [0, 0.1) is 41.5 Å². The first-order chi connectivity index (χ1) is 34.2. The molecule has 0 aliphatic rings. The van der Waals surface area contributed by atoms with Gasteiger partial charge in [0, 0.05) is 0 Å². The lowest BCUT2D eigenvalue weighted by molar-refractivity contribution is 1.27. The van der Waals surface area contributed by atoms with Crippen molar-refractivity contribution in [1.29, 1.82) is 0 Å². The van der Waals surface area contributed by atoms with Crippen molar-refractivity contribution in [3.05, 3.63) is 297 Å². The summed E-state index contributed by atoms with van der Waals surface area (Å²) in [5.41, 5.74) is 30.1. The molecule has 0 fully saturated rings. The van der Waals surface area contributed by atoms with Crippen LogP contribution in [0.1, 0.15) is 66.8 Å². The SMILES string of the molecule is Cc1cc(C)c(-c2c(C)cc(C)c(-c3ccc(-c4ccc(C=C(c5ccccc5)c5ccccc5)cc4)cc3)c2C)c(C)c1-c1ccc(-c2ccc(C=C(c3ccccc3)c3ccccc3)cc2)cc1. The highest BCUT2D eigenvalue weighted by molar-refractivity contribution is 5.94. The van der Waals surface area contributed by atoms with Gasteiger partial charge in [-0.15, -0.1) is 0 Å². The first-order valence-corrected chi connectivity index (χ1v) is 24.5. The maximum Gasteiger partial charge on any atom is -0.0105 e. The highest BCUT2D eigenvalue weighted by atomic mass is 14.2. The summed E-state index contributed by atoms with van der Waals surface area (Å²) in [7, 11) is 0. The van der Waals surface area contributed by atoms with Crippen molar-refractivity contribution in [3.63, 3.8) is 0 Å². The molecule has 0 heterocycles. The third-order valence-electron chi connectivity index (χ3n) is 14.0. The van der Waals surface area contributed by atoms with E-state index in [1.807, 2.05) is 0 Å². The second-order valence-corrected chi connectivity index (χ2v) is 18.7. The summed E-state index contributed by atoms with van der Waals surface area (Å²) in [5, 5.41) is 0. The number of aryl methyl sites for hydroxylation is 4. The zero-order chi connectivity index (χ0) is 48.1. The zero-order valence-corrected chi connectivity index (χ0v) is 41.1. The summed E-state index contributed by atoms with van der Waals surface area (Å²) < 4.78 is 0. The summed E-state index contributed by atoms with van der Waals surface area (Å²) in [5.74, 6) is 0. The second kappa shape index (κ2) is 20.1. The molecule has 0 aromatic heterocycles. The number of rotatable bonds is 11. The van der Waals surface area contributed by atoms with Crippen LogP contribution in [0.5, 0.6) is 0 Å². The second-order valence-electron chi connectivity index (χ2n) is 18.7. The van der Waals surface area contributed by atoms with Gasteiger partial charge >= 0.3 is 0 Å². The Morgan fingerprint density at radius 1 is 0.243 bits per heavy atom. The van der Waals surface area contributed by atoms with Crippen LogP contribution in [-0.4, -0.2) is 0 Å². The Kier molecular flexibility index (Phi) is 13.1. The summed E-state index contributed by atoms with van der Waals surface area (Å²) in [6.45, 7) is 13.7. The van der Waals surface area contributed by atoms with E-state index in [0.29, 0.717) is 0 Å². The van der Waals surface area contributed by atoms with Gasteiger partial charge in [-0.1, -0.05) is 231 Å². The Labute approximate surface area is 415 Å². The Hall–Kier alpha value is -8.32. The van der Waals surface area contributed by atoms with Crippen LogP contribution in [0.2, 0.25) is 0 Å². The van der Waals surface area contributed by atoms with E-state index in [4.69, 9.17) is 0 Å². The molecule has 10 aromatic carbocycles. The molecule has 0 aliphatic carbocycles. The van der Waals surface area contributed by atoms with Crippen molar-refractivity contribution in [2.75, 3.05) is 0 Å². The Balaban J connectivity index is 0.917. The summed E-state index contributed by atoms with van der Waals surface area (Å²) in [6, 6.07) is 83.6. The van der Waals surface area contributed by atoms with Gasteiger partial charge in [0.2, 0.25) is 0 Å². The highest BCUT2D eigenvalue weighted by Crippen LogP contribution is 2.44. The molecule has 0 saturated carbocycles. The van der Waals surface area contributed by atoms with E-state index in [9.17, 15) is 0 Å². The Bertz CT molecular complexity index is 3160. The van der Waals surface area contributed by atoms with Crippen molar-refractivity contribution in [2.24, 2.45) is 0 Å². The minimum absolute atomic E-state index is 1.18. The maximum absolute atomic E-state index is 2.38. The van der Waals surface area contributed by atoms with Gasteiger partial charge in [-0.05, 0) is 187 Å². The number of benzene rings is 10. The topological polar surface area (TPSA) is 0 Å². The molecule has 10 rings (SSSR count). The molecule has 0 atom stereocenters. The van der Waals surface area contributed by atoms with E-state index in [2.05, 4.69) is 284 Å². The van der Waals surface area contributed by atoms with Gasteiger partial charge in [-0.25, -0.2) is 0 Å². The smallest absolute Gasteiger partial charge is 0.0105 e. The van der Waals surface area contributed by atoms with Crippen molar-refractivity contribution < 1.29 is 0 Å². The Morgan fingerprint density at radius 3 is 0.743 bits per heavy atom. The Morgan fingerprint density at radius 2 is 0.471 bits per heavy atom. The molecule has 70 heavy (non-hydrogen) atoms. The van der Waals surface area contributed by atoms with Gasteiger partial charge in [0.25, 0.3) is 0 Å². The van der Waals surface area contributed by atoms with E-state index in [1.54, 1.807) is 0 Å². The molecule has 338 valence electrons.